The third-order valence-corrected chi connectivity index (χ3v) is 3.53. The molecule has 1 saturated heterocycles. The first kappa shape index (κ1) is 13.0. The Bertz CT molecular complexity index is 395. The van der Waals surface area contributed by atoms with Crippen LogP contribution < -0.4 is 14.4 Å². The van der Waals surface area contributed by atoms with E-state index in [1.807, 2.05) is 18.2 Å². The van der Waals surface area contributed by atoms with Crippen LogP contribution in [-0.4, -0.2) is 38.5 Å². The highest BCUT2D eigenvalue weighted by atomic mass is 16.5. The first-order chi connectivity index (χ1) is 8.80. The first-order valence-electron chi connectivity index (χ1n) is 6.39. The molecule has 1 aromatic rings. The van der Waals surface area contributed by atoms with Crippen molar-refractivity contribution in [1.82, 2.24) is 0 Å². The molecule has 4 heteroatoms. The van der Waals surface area contributed by atoms with Crippen molar-refractivity contribution in [2.24, 2.45) is 0 Å². The molecular formula is C14H21NO3. The average molecular weight is 251 g/mol. The van der Waals surface area contributed by atoms with Gasteiger partial charge in [-0.25, -0.2) is 0 Å². The van der Waals surface area contributed by atoms with Gasteiger partial charge in [-0.2, -0.15) is 0 Å². The summed E-state index contributed by atoms with van der Waals surface area (Å²) in [5, 5.41) is 9.48. The lowest BCUT2D eigenvalue weighted by Crippen LogP contribution is -2.42. The van der Waals surface area contributed by atoms with Crippen molar-refractivity contribution >= 4 is 5.69 Å². The summed E-state index contributed by atoms with van der Waals surface area (Å²) in [5.74, 6) is 1.59. The zero-order valence-corrected chi connectivity index (χ0v) is 11.1. The van der Waals surface area contributed by atoms with Crippen LogP contribution in [0.1, 0.15) is 19.3 Å². The molecule has 0 saturated carbocycles. The number of benzene rings is 1. The Morgan fingerprint density at radius 2 is 2.11 bits per heavy atom. The van der Waals surface area contributed by atoms with E-state index in [0.29, 0.717) is 0 Å². The largest absolute Gasteiger partial charge is 0.497 e. The van der Waals surface area contributed by atoms with Crippen LogP contribution in [-0.2, 0) is 0 Å². The van der Waals surface area contributed by atoms with Gasteiger partial charge in [-0.05, 0) is 31.4 Å². The number of rotatable bonds is 4. The van der Waals surface area contributed by atoms with Gasteiger partial charge in [-0.3, -0.25) is 0 Å². The molecule has 0 amide bonds. The van der Waals surface area contributed by atoms with Crippen molar-refractivity contribution in [2.45, 2.75) is 25.3 Å². The summed E-state index contributed by atoms with van der Waals surface area (Å²) in [6.07, 6.45) is 3.37. The number of hydrogen-bond donors (Lipinski definition) is 1. The van der Waals surface area contributed by atoms with Crippen LogP contribution in [0.2, 0.25) is 0 Å². The molecule has 1 atom stereocenters. The first-order valence-corrected chi connectivity index (χ1v) is 6.39. The van der Waals surface area contributed by atoms with Gasteiger partial charge in [0.05, 0.1) is 32.6 Å². The minimum atomic E-state index is 0.190. The van der Waals surface area contributed by atoms with E-state index >= 15 is 0 Å². The number of anilines is 1. The Balaban J connectivity index is 2.30. The van der Waals surface area contributed by atoms with Gasteiger partial charge < -0.3 is 19.5 Å². The predicted molar refractivity (Wildman–Crippen MR) is 71.6 cm³/mol. The minimum absolute atomic E-state index is 0.190. The van der Waals surface area contributed by atoms with E-state index < -0.39 is 0 Å². The molecule has 100 valence electrons. The Kier molecular flexibility index (Phi) is 4.31. The zero-order valence-electron chi connectivity index (χ0n) is 11.1. The fourth-order valence-electron chi connectivity index (χ4n) is 2.53. The van der Waals surface area contributed by atoms with Gasteiger partial charge in [0.25, 0.3) is 0 Å². The molecule has 18 heavy (non-hydrogen) atoms. The fourth-order valence-corrected chi connectivity index (χ4v) is 2.53. The molecule has 4 nitrogen and oxygen atoms in total. The molecule has 1 N–H and O–H groups in total. The topological polar surface area (TPSA) is 41.9 Å². The van der Waals surface area contributed by atoms with Crippen LogP contribution in [0.5, 0.6) is 11.5 Å². The van der Waals surface area contributed by atoms with Crippen LogP contribution in [0.4, 0.5) is 5.69 Å². The number of hydrogen-bond acceptors (Lipinski definition) is 4. The third-order valence-electron chi connectivity index (χ3n) is 3.53. The molecule has 0 radical (unpaired) electrons. The van der Waals surface area contributed by atoms with E-state index in [1.165, 1.54) is 6.42 Å². The molecule has 1 aromatic carbocycles. The van der Waals surface area contributed by atoms with Gasteiger partial charge in [0, 0.05) is 12.6 Å². The number of nitrogens with zero attached hydrogens (tertiary/aromatic N) is 1. The highest BCUT2D eigenvalue weighted by Crippen LogP contribution is 2.35. The normalized spacial score (nSPS) is 19.7. The van der Waals surface area contributed by atoms with Crippen molar-refractivity contribution in [1.29, 1.82) is 0 Å². The molecule has 1 heterocycles. The van der Waals surface area contributed by atoms with Gasteiger partial charge in [-0.15, -0.1) is 0 Å². The number of aliphatic hydroxyl groups excluding tert-OH is 1. The molecule has 1 aliphatic heterocycles. The van der Waals surface area contributed by atoms with Crippen molar-refractivity contribution in [3.8, 4) is 11.5 Å². The van der Waals surface area contributed by atoms with E-state index in [1.54, 1.807) is 14.2 Å². The molecule has 0 aromatic heterocycles. The summed E-state index contributed by atoms with van der Waals surface area (Å²) in [6.45, 7) is 1.16. The van der Waals surface area contributed by atoms with E-state index in [0.717, 1.165) is 36.6 Å². The van der Waals surface area contributed by atoms with Gasteiger partial charge in [0.15, 0.2) is 0 Å². The fraction of sp³-hybridized carbons (Fsp3) is 0.571. The Morgan fingerprint density at radius 3 is 2.78 bits per heavy atom. The molecule has 2 rings (SSSR count). The van der Waals surface area contributed by atoms with Gasteiger partial charge in [0.1, 0.15) is 11.5 Å². The summed E-state index contributed by atoms with van der Waals surface area (Å²) in [4.78, 5) is 2.24. The smallest absolute Gasteiger partial charge is 0.145 e. The molecule has 0 spiro atoms. The highest BCUT2D eigenvalue weighted by Gasteiger charge is 2.24. The second-order valence-corrected chi connectivity index (χ2v) is 4.56. The van der Waals surface area contributed by atoms with Crippen LogP contribution >= 0.6 is 0 Å². The van der Waals surface area contributed by atoms with E-state index in [-0.39, 0.29) is 12.6 Å². The average Bonchev–Trinajstić information content (AvgIpc) is 2.46. The summed E-state index contributed by atoms with van der Waals surface area (Å²) in [6, 6.07) is 6.02. The van der Waals surface area contributed by atoms with Crippen molar-refractivity contribution in [3.63, 3.8) is 0 Å². The summed E-state index contributed by atoms with van der Waals surface area (Å²) >= 11 is 0. The molecule has 1 unspecified atom stereocenters. The standard InChI is InChI=1S/C14H21NO3/c1-17-12-6-7-13(14(9-12)18-2)15-8-4-3-5-11(15)10-16/h6-7,9,11,16H,3-5,8,10H2,1-2H3. The maximum Gasteiger partial charge on any atom is 0.145 e. The lowest BCUT2D eigenvalue weighted by molar-refractivity contribution is 0.239. The predicted octanol–water partition coefficient (Wildman–Crippen LogP) is 2.05. The number of aliphatic hydroxyl groups is 1. The molecular weight excluding hydrogens is 230 g/mol. The van der Waals surface area contributed by atoms with Crippen molar-refractivity contribution < 1.29 is 14.6 Å². The summed E-state index contributed by atoms with van der Waals surface area (Å²) in [7, 11) is 3.31. The third kappa shape index (κ3) is 2.53. The van der Waals surface area contributed by atoms with Gasteiger partial charge >= 0.3 is 0 Å². The van der Waals surface area contributed by atoms with Crippen LogP contribution in [0, 0.1) is 0 Å². The number of methoxy groups -OCH3 is 2. The van der Waals surface area contributed by atoms with E-state index in [9.17, 15) is 5.11 Å². The van der Waals surface area contributed by atoms with Crippen LogP contribution in [0.3, 0.4) is 0 Å². The molecule has 0 aliphatic carbocycles. The van der Waals surface area contributed by atoms with E-state index in [4.69, 9.17) is 9.47 Å². The second kappa shape index (κ2) is 5.96. The molecule has 1 fully saturated rings. The molecule has 0 bridgehead atoms. The summed E-state index contributed by atoms with van der Waals surface area (Å²) in [5.41, 5.74) is 1.04. The number of piperidine rings is 1. The van der Waals surface area contributed by atoms with Gasteiger partial charge in [-0.1, -0.05) is 0 Å². The maximum absolute atomic E-state index is 9.48. The maximum atomic E-state index is 9.48. The zero-order chi connectivity index (χ0) is 13.0. The monoisotopic (exact) mass is 251 g/mol. The van der Waals surface area contributed by atoms with Crippen molar-refractivity contribution in [3.05, 3.63) is 18.2 Å². The van der Waals surface area contributed by atoms with Crippen molar-refractivity contribution in [2.75, 3.05) is 32.3 Å². The Hall–Kier alpha value is -1.42. The Morgan fingerprint density at radius 1 is 1.28 bits per heavy atom. The second-order valence-electron chi connectivity index (χ2n) is 4.56. The van der Waals surface area contributed by atoms with E-state index in [2.05, 4.69) is 4.90 Å². The SMILES string of the molecule is COc1ccc(N2CCCCC2CO)c(OC)c1. The highest BCUT2D eigenvalue weighted by molar-refractivity contribution is 5.62. The lowest BCUT2D eigenvalue weighted by Gasteiger charge is -2.37. The molecule has 1 aliphatic rings. The van der Waals surface area contributed by atoms with Crippen LogP contribution in [0.25, 0.3) is 0 Å². The van der Waals surface area contributed by atoms with Gasteiger partial charge in [0.2, 0.25) is 0 Å². The number of ether oxygens (including phenoxy) is 2. The quantitative estimate of drug-likeness (QED) is 0.889. The lowest BCUT2D eigenvalue weighted by atomic mass is 10.0. The minimum Gasteiger partial charge on any atom is -0.497 e. The van der Waals surface area contributed by atoms with Crippen LogP contribution in [0.15, 0.2) is 18.2 Å². The Labute approximate surface area is 108 Å². The summed E-state index contributed by atoms with van der Waals surface area (Å²) < 4.78 is 10.6.